The van der Waals surface area contributed by atoms with Gasteiger partial charge in [0.2, 0.25) is 0 Å². The normalized spacial score (nSPS) is 12.4. The molecule has 1 rings (SSSR count). The van der Waals surface area contributed by atoms with Crippen molar-refractivity contribution in [3.05, 3.63) is 11.2 Å². The summed E-state index contributed by atoms with van der Waals surface area (Å²) in [4.78, 5) is 0. The van der Waals surface area contributed by atoms with Gasteiger partial charge in [-0.25, -0.2) is 0 Å². The summed E-state index contributed by atoms with van der Waals surface area (Å²) < 4.78 is 1.48. The summed E-state index contributed by atoms with van der Waals surface area (Å²) in [5.74, 6) is 0.269. The number of nitrogens with two attached hydrogens (primary N) is 1. The van der Waals surface area contributed by atoms with E-state index in [0.29, 0.717) is 11.4 Å². The van der Waals surface area contributed by atoms with Gasteiger partial charge in [-0.1, -0.05) is 18.5 Å². The van der Waals surface area contributed by atoms with E-state index in [1.165, 1.54) is 4.68 Å². The topological polar surface area (TPSA) is 67.6 Å². The van der Waals surface area contributed by atoms with Gasteiger partial charge in [-0.3, -0.25) is 4.68 Å². The number of rotatable bonds is 2. The average molecular weight is 185 g/mol. The molecule has 0 radical (unpaired) electrons. The molecule has 0 fully saturated rings. The van der Waals surface area contributed by atoms with E-state index in [1.54, 1.807) is 6.20 Å². The molecule has 1 atom stereocenters. The molecule has 0 aliphatic rings. The van der Waals surface area contributed by atoms with Crippen molar-refractivity contribution in [2.45, 2.75) is 19.4 Å². The molecule has 1 unspecified atom stereocenters. The summed E-state index contributed by atoms with van der Waals surface area (Å²) in [5, 5.41) is 13.0. The van der Waals surface area contributed by atoms with Crippen LogP contribution in [0.1, 0.15) is 19.4 Å². The van der Waals surface area contributed by atoms with Crippen LogP contribution in [0.5, 0.6) is 0 Å². The first-order chi connectivity index (χ1) is 5.69. The molecule has 1 aromatic heterocycles. The van der Waals surface area contributed by atoms with Crippen molar-refractivity contribution >= 4 is 17.4 Å². The third kappa shape index (κ3) is 1.51. The first-order valence-electron chi connectivity index (χ1n) is 3.58. The van der Waals surface area contributed by atoms with Crippen molar-refractivity contribution in [2.24, 2.45) is 0 Å². The van der Waals surface area contributed by atoms with Crippen molar-refractivity contribution in [3.8, 4) is 6.07 Å². The molecule has 0 aliphatic heterocycles. The van der Waals surface area contributed by atoms with Gasteiger partial charge >= 0.3 is 0 Å². The molecule has 1 heterocycles. The van der Waals surface area contributed by atoms with Crippen LogP contribution in [-0.4, -0.2) is 9.78 Å². The van der Waals surface area contributed by atoms with Gasteiger partial charge in [0.15, 0.2) is 5.82 Å². The van der Waals surface area contributed by atoms with E-state index in [1.807, 2.05) is 6.92 Å². The summed E-state index contributed by atoms with van der Waals surface area (Å²) in [5.41, 5.74) is 5.41. The molecule has 0 spiro atoms. The average Bonchev–Trinajstić information content (AvgIpc) is 2.35. The van der Waals surface area contributed by atoms with Gasteiger partial charge in [0.25, 0.3) is 0 Å². The summed E-state index contributed by atoms with van der Waals surface area (Å²) >= 11 is 5.67. The first-order valence-corrected chi connectivity index (χ1v) is 3.96. The van der Waals surface area contributed by atoms with Gasteiger partial charge < -0.3 is 5.73 Å². The smallest absolute Gasteiger partial charge is 0.164 e. The Hall–Kier alpha value is -1.21. The van der Waals surface area contributed by atoms with E-state index in [-0.39, 0.29) is 11.9 Å². The van der Waals surface area contributed by atoms with Crippen molar-refractivity contribution in [2.75, 3.05) is 5.73 Å². The molecule has 2 N–H and O–H groups in total. The second-order valence-electron chi connectivity index (χ2n) is 2.40. The van der Waals surface area contributed by atoms with E-state index >= 15 is 0 Å². The molecule has 0 amide bonds. The molecular weight excluding hydrogens is 176 g/mol. The van der Waals surface area contributed by atoms with E-state index in [2.05, 4.69) is 11.2 Å². The largest absolute Gasteiger partial charge is 0.381 e. The number of nitriles is 1. The summed E-state index contributed by atoms with van der Waals surface area (Å²) in [7, 11) is 0. The molecule has 0 saturated heterocycles. The summed E-state index contributed by atoms with van der Waals surface area (Å²) in [6.07, 6.45) is 2.25. The Balaban J connectivity index is 2.96. The van der Waals surface area contributed by atoms with Gasteiger partial charge in [-0.05, 0) is 6.42 Å². The van der Waals surface area contributed by atoms with E-state index in [4.69, 9.17) is 22.6 Å². The number of aromatic nitrogens is 2. The molecule has 0 aromatic carbocycles. The highest BCUT2D eigenvalue weighted by Gasteiger charge is 2.10. The number of hydrogen-bond acceptors (Lipinski definition) is 3. The van der Waals surface area contributed by atoms with Crippen LogP contribution in [0.2, 0.25) is 5.02 Å². The van der Waals surface area contributed by atoms with Crippen LogP contribution in [-0.2, 0) is 0 Å². The minimum absolute atomic E-state index is 0.269. The third-order valence-electron chi connectivity index (χ3n) is 1.57. The minimum atomic E-state index is -0.278. The maximum atomic E-state index is 8.68. The first kappa shape index (κ1) is 8.88. The summed E-state index contributed by atoms with van der Waals surface area (Å²) in [6, 6.07) is 1.82. The SMILES string of the molecule is CCC(C#N)n1cc(Cl)c(N)n1. The monoisotopic (exact) mass is 184 g/mol. The molecule has 0 bridgehead atoms. The van der Waals surface area contributed by atoms with E-state index < -0.39 is 0 Å². The minimum Gasteiger partial charge on any atom is -0.381 e. The van der Waals surface area contributed by atoms with E-state index in [9.17, 15) is 0 Å². The standard InChI is InChI=1S/C7H9ClN4/c1-2-5(3-9)12-4-6(8)7(10)11-12/h4-5H,2H2,1H3,(H2,10,11). The zero-order valence-corrected chi connectivity index (χ0v) is 7.41. The van der Waals surface area contributed by atoms with Gasteiger partial charge in [-0.2, -0.15) is 10.4 Å². The second-order valence-corrected chi connectivity index (χ2v) is 2.80. The van der Waals surface area contributed by atoms with Crippen LogP contribution < -0.4 is 5.73 Å². The molecule has 64 valence electrons. The molecule has 12 heavy (non-hydrogen) atoms. The maximum Gasteiger partial charge on any atom is 0.164 e. The summed E-state index contributed by atoms with van der Waals surface area (Å²) in [6.45, 7) is 1.90. The van der Waals surface area contributed by atoms with Gasteiger partial charge in [0, 0.05) is 6.20 Å². The fraction of sp³-hybridized carbons (Fsp3) is 0.429. The fourth-order valence-electron chi connectivity index (χ4n) is 0.880. The lowest BCUT2D eigenvalue weighted by Crippen LogP contribution is -2.06. The van der Waals surface area contributed by atoms with E-state index in [0.717, 1.165) is 0 Å². The van der Waals surface area contributed by atoms with Crippen LogP contribution in [0.25, 0.3) is 0 Å². The van der Waals surface area contributed by atoms with Gasteiger partial charge in [0.05, 0.1) is 6.07 Å². The Morgan fingerprint density at radius 1 is 1.92 bits per heavy atom. The number of nitrogens with zero attached hydrogens (tertiary/aromatic N) is 3. The predicted octanol–water partition coefficient (Wildman–Crippen LogP) is 1.59. The zero-order chi connectivity index (χ0) is 9.14. The van der Waals surface area contributed by atoms with Crippen LogP contribution in [0.15, 0.2) is 6.20 Å². The van der Waals surface area contributed by atoms with Crippen LogP contribution in [0.3, 0.4) is 0 Å². The maximum absolute atomic E-state index is 8.68. The van der Waals surface area contributed by atoms with Crippen LogP contribution in [0, 0.1) is 11.3 Å². The Bertz CT molecular complexity index is 292. The van der Waals surface area contributed by atoms with Gasteiger partial charge in [-0.15, -0.1) is 0 Å². The van der Waals surface area contributed by atoms with Crippen molar-refractivity contribution in [1.29, 1.82) is 5.26 Å². The molecule has 0 aliphatic carbocycles. The molecular formula is C7H9ClN4. The second kappa shape index (κ2) is 3.46. The lowest BCUT2D eigenvalue weighted by atomic mass is 10.3. The predicted molar refractivity (Wildman–Crippen MR) is 46.6 cm³/mol. The van der Waals surface area contributed by atoms with Crippen molar-refractivity contribution in [3.63, 3.8) is 0 Å². The van der Waals surface area contributed by atoms with Gasteiger partial charge in [0.1, 0.15) is 11.1 Å². The Labute approximate surface area is 75.5 Å². The highest BCUT2D eigenvalue weighted by atomic mass is 35.5. The Morgan fingerprint density at radius 2 is 2.58 bits per heavy atom. The molecule has 4 nitrogen and oxygen atoms in total. The Morgan fingerprint density at radius 3 is 2.92 bits per heavy atom. The quantitative estimate of drug-likeness (QED) is 0.759. The third-order valence-corrected chi connectivity index (χ3v) is 1.86. The lowest BCUT2D eigenvalue weighted by Gasteiger charge is -2.04. The fourth-order valence-corrected chi connectivity index (χ4v) is 1.02. The lowest BCUT2D eigenvalue weighted by molar-refractivity contribution is 0.536. The molecule has 1 aromatic rings. The Kier molecular flexibility index (Phi) is 2.56. The van der Waals surface area contributed by atoms with Crippen molar-refractivity contribution < 1.29 is 0 Å². The number of anilines is 1. The number of halogens is 1. The highest BCUT2D eigenvalue weighted by Crippen LogP contribution is 2.19. The number of hydrogen-bond donors (Lipinski definition) is 1. The highest BCUT2D eigenvalue weighted by molar-refractivity contribution is 6.32. The van der Waals surface area contributed by atoms with Crippen molar-refractivity contribution in [1.82, 2.24) is 9.78 Å². The number of nitrogen functional groups attached to an aromatic ring is 1. The molecule has 0 saturated carbocycles. The molecule has 5 heteroatoms. The van der Waals surface area contributed by atoms with Crippen LogP contribution >= 0.6 is 11.6 Å². The van der Waals surface area contributed by atoms with Crippen LogP contribution in [0.4, 0.5) is 5.82 Å². The zero-order valence-electron chi connectivity index (χ0n) is 6.66.